The van der Waals surface area contributed by atoms with E-state index < -0.39 is 0 Å². The van der Waals surface area contributed by atoms with Gasteiger partial charge in [0.05, 0.1) is 11.3 Å². The number of hydrogen-bond acceptors (Lipinski definition) is 3. The Hall–Kier alpha value is -2.99. The molecule has 6 heteroatoms. The molecule has 0 aliphatic carbocycles. The highest BCUT2D eigenvalue weighted by atomic mass is 19.1. The minimum absolute atomic E-state index is 0.0200. The van der Waals surface area contributed by atoms with Crippen LogP contribution in [0, 0.1) is 12.7 Å². The number of halogens is 1. The van der Waals surface area contributed by atoms with E-state index >= 15 is 0 Å². The predicted octanol–water partition coefficient (Wildman–Crippen LogP) is 4.30. The van der Waals surface area contributed by atoms with Gasteiger partial charge in [-0.2, -0.15) is 5.10 Å². The average Bonchev–Trinajstić information content (AvgIpc) is 3.54. The Bertz CT molecular complexity index is 1090. The SMILES string of the molecule is Cc1cccc(-c2nn(-c3ccc(F)cc3)cc2C(=O)N2CCC(N3CCCC3)C2)c1. The van der Waals surface area contributed by atoms with E-state index in [1.54, 1.807) is 23.0 Å². The maximum Gasteiger partial charge on any atom is 0.257 e. The average molecular weight is 419 g/mol. The van der Waals surface area contributed by atoms with Crippen molar-refractivity contribution >= 4 is 5.91 Å². The molecule has 0 bridgehead atoms. The number of aromatic nitrogens is 2. The van der Waals surface area contributed by atoms with Crippen molar-refractivity contribution in [3.63, 3.8) is 0 Å². The van der Waals surface area contributed by atoms with Gasteiger partial charge in [-0.3, -0.25) is 9.69 Å². The van der Waals surface area contributed by atoms with Crippen LogP contribution in [0.15, 0.2) is 54.7 Å². The predicted molar refractivity (Wildman–Crippen MR) is 119 cm³/mol. The van der Waals surface area contributed by atoms with E-state index in [0.717, 1.165) is 49.4 Å². The molecule has 0 radical (unpaired) electrons. The van der Waals surface area contributed by atoms with Gasteiger partial charge in [-0.05, 0) is 69.6 Å². The van der Waals surface area contributed by atoms with E-state index in [1.165, 1.54) is 25.0 Å². The third kappa shape index (κ3) is 4.00. The number of rotatable bonds is 4. The molecule has 3 heterocycles. The zero-order chi connectivity index (χ0) is 21.4. The molecule has 5 rings (SSSR count). The van der Waals surface area contributed by atoms with E-state index in [2.05, 4.69) is 4.90 Å². The molecule has 2 aromatic carbocycles. The highest BCUT2D eigenvalue weighted by Gasteiger charge is 2.33. The standard InChI is InChI=1S/C25H27FN4O/c1-18-5-4-6-19(15-18)24-23(17-30(27-24)21-9-7-20(26)8-10-21)25(31)29-14-11-22(16-29)28-12-2-3-13-28/h4-10,15,17,22H,2-3,11-14,16H2,1H3. The van der Waals surface area contributed by atoms with Gasteiger partial charge in [0.25, 0.3) is 5.91 Å². The Morgan fingerprint density at radius 1 is 1.06 bits per heavy atom. The number of hydrogen-bond donors (Lipinski definition) is 0. The van der Waals surface area contributed by atoms with Gasteiger partial charge >= 0.3 is 0 Å². The van der Waals surface area contributed by atoms with Gasteiger partial charge in [-0.15, -0.1) is 0 Å². The van der Waals surface area contributed by atoms with Gasteiger partial charge in [0.1, 0.15) is 11.5 Å². The van der Waals surface area contributed by atoms with Crippen LogP contribution in [0.2, 0.25) is 0 Å². The molecule has 5 nitrogen and oxygen atoms in total. The van der Waals surface area contributed by atoms with Crippen LogP contribution < -0.4 is 0 Å². The van der Waals surface area contributed by atoms with E-state index in [1.807, 2.05) is 36.1 Å². The number of likely N-dealkylation sites (tertiary alicyclic amines) is 2. The first-order valence-electron chi connectivity index (χ1n) is 11.0. The lowest BCUT2D eigenvalue weighted by atomic mass is 10.1. The first-order valence-corrected chi connectivity index (χ1v) is 11.0. The molecule has 0 N–H and O–H groups in total. The second kappa shape index (κ2) is 8.27. The molecule has 1 atom stereocenters. The van der Waals surface area contributed by atoms with Crippen molar-refractivity contribution in [3.8, 4) is 16.9 Å². The summed E-state index contributed by atoms with van der Waals surface area (Å²) in [5, 5.41) is 4.75. The summed E-state index contributed by atoms with van der Waals surface area (Å²) < 4.78 is 15.1. The summed E-state index contributed by atoms with van der Waals surface area (Å²) in [6.07, 6.45) is 5.33. The third-order valence-corrected chi connectivity index (χ3v) is 6.43. The molecule has 0 spiro atoms. The fraction of sp³-hybridized carbons (Fsp3) is 0.360. The summed E-state index contributed by atoms with van der Waals surface area (Å²) >= 11 is 0. The van der Waals surface area contributed by atoms with Crippen LogP contribution in [-0.4, -0.2) is 57.7 Å². The second-order valence-corrected chi connectivity index (χ2v) is 8.62. The van der Waals surface area contributed by atoms with Gasteiger partial charge in [0.15, 0.2) is 0 Å². The topological polar surface area (TPSA) is 41.4 Å². The molecule has 2 aliphatic rings. The molecular formula is C25H27FN4O. The van der Waals surface area contributed by atoms with Crippen molar-refractivity contribution in [1.29, 1.82) is 0 Å². The van der Waals surface area contributed by atoms with Crippen LogP contribution in [0.3, 0.4) is 0 Å². The molecule has 2 aliphatic heterocycles. The summed E-state index contributed by atoms with van der Waals surface area (Å²) in [6.45, 7) is 5.86. The van der Waals surface area contributed by atoms with Crippen LogP contribution in [-0.2, 0) is 0 Å². The molecule has 160 valence electrons. The highest BCUT2D eigenvalue weighted by Crippen LogP contribution is 2.28. The van der Waals surface area contributed by atoms with Crippen molar-refractivity contribution in [2.24, 2.45) is 0 Å². The number of benzene rings is 2. The van der Waals surface area contributed by atoms with Crippen molar-refractivity contribution in [2.75, 3.05) is 26.2 Å². The molecule has 2 saturated heterocycles. The molecule has 3 aromatic rings. The first-order chi connectivity index (χ1) is 15.1. The van der Waals surface area contributed by atoms with Crippen molar-refractivity contribution in [1.82, 2.24) is 19.6 Å². The number of amides is 1. The van der Waals surface area contributed by atoms with Crippen LogP contribution in [0.1, 0.15) is 35.2 Å². The smallest absolute Gasteiger partial charge is 0.257 e. The largest absolute Gasteiger partial charge is 0.337 e. The lowest BCUT2D eigenvalue weighted by Crippen LogP contribution is -2.37. The van der Waals surface area contributed by atoms with E-state index in [0.29, 0.717) is 17.3 Å². The Kier molecular flexibility index (Phi) is 5.32. The van der Waals surface area contributed by atoms with Gasteiger partial charge in [0.2, 0.25) is 0 Å². The first kappa shape index (κ1) is 19.9. The molecule has 1 amide bonds. The molecule has 1 unspecified atom stereocenters. The molecular weight excluding hydrogens is 391 g/mol. The number of nitrogens with zero attached hydrogens (tertiary/aromatic N) is 4. The van der Waals surface area contributed by atoms with Gasteiger partial charge in [-0.1, -0.05) is 23.8 Å². The lowest BCUT2D eigenvalue weighted by molar-refractivity contribution is 0.0781. The quantitative estimate of drug-likeness (QED) is 0.635. The number of carbonyl (C=O) groups excluding carboxylic acids is 1. The van der Waals surface area contributed by atoms with E-state index in [-0.39, 0.29) is 11.7 Å². The minimum Gasteiger partial charge on any atom is -0.337 e. The molecule has 2 fully saturated rings. The van der Waals surface area contributed by atoms with Gasteiger partial charge < -0.3 is 4.90 Å². The Morgan fingerprint density at radius 3 is 2.58 bits per heavy atom. The monoisotopic (exact) mass is 418 g/mol. The van der Waals surface area contributed by atoms with Crippen molar-refractivity contribution in [2.45, 2.75) is 32.2 Å². The maximum absolute atomic E-state index is 13.6. The number of carbonyl (C=O) groups is 1. The van der Waals surface area contributed by atoms with Crippen molar-refractivity contribution in [3.05, 3.63) is 71.7 Å². The zero-order valence-corrected chi connectivity index (χ0v) is 17.8. The highest BCUT2D eigenvalue weighted by molar-refractivity contribution is 6.00. The summed E-state index contributed by atoms with van der Waals surface area (Å²) in [5.41, 5.74) is 4.02. The Morgan fingerprint density at radius 2 is 1.84 bits per heavy atom. The van der Waals surface area contributed by atoms with Crippen LogP contribution in [0.5, 0.6) is 0 Å². The second-order valence-electron chi connectivity index (χ2n) is 8.62. The fourth-order valence-electron chi connectivity index (χ4n) is 4.76. The molecule has 1 aromatic heterocycles. The summed E-state index contributed by atoms with van der Waals surface area (Å²) in [5.74, 6) is -0.275. The minimum atomic E-state index is -0.295. The maximum atomic E-state index is 13.6. The zero-order valence-electron chi connectivity index (χ0n) is 17.8. The molecule has 0 saturated carbocycles. The van der Waals surface area contributed by atoms with Gasteiger partial charge in [-0.25, -0.2) is 9.07 Å². The van der Waals surface area contributed by atoms with Crippen LogP contribution in [0.4, 0.5) is 4.39 Å². The number of aryl methyl sites for hydroxylation is 1. The lowest BCUT2D eigenvalue weighted by Gasteiger charge is -2.23. The fourth-order valence-corrected chi connectivity index (χ4v) is 4.76. The van der Waals surface area contributed by atoms with Crippen LogP contribution >= 0.6 is 0 Å². The Balaban J connectivity index is 1.48. The molecule has 31 heavy (non-hydrogen) atoms. The summed E-state index contributed by atoms with van der Waals surface area (Å²) in [6, 6.07) is 14.7. The van der Waals surface area contributed by atoms with Gasteiger partial charge in [0, 0.05) is 30.9 Å². The summed E-state index contributed by atoms with van der Waals surface area (Å²) in [7, 11) is 0. The van der Waals surface area contributed by atoms with Crippen molar-refractivity contribution < 1.29 is 9.18 Å². The van der Waals surface area contributed by atoms with E-state index in [4.69, 9.17) is 5.10 Å². The van der Waals surface area contributed by atoms with E-state index in [9.17, 15) is 9.18 Å². The van der Waals surface area contributed by atoms with Crippen LogP contribution in [0.25, 0.3) is 16.9 Å². The third-order valence-electron chi connectivity index (χ3n) is 6.43. The summed E-state index contributed by atoms with van der Waals surface area (Å²) in [4.78, 5) is 18.1. The normalized spacial score (nSPS) is 19.3. The Labute approximate surface area is 182 Å².